The second-order valence-corrected chi connectivity index (χ2v) is 4.39. The lowest BCUT2D eigenvalue weighted by atomic mass is 9.99. The third-order valence-corrected chi connectivity index (χ3v) is 3.07. The maximum atomic E-state index is 4.26. The molecule has 2 heterocycles. The Morgan fingerprint density at radius 2 is 2.47 bits per heavy atom. The normalized spacial score (nSPS) is 23.2. The maximum absolute atomic E-state index is 4.26. The van der Waals surface area contributed by atoms with Crippen molar-refractivity contribution in [3.63, 3.8) is 0 Å². The van der Waals surface area contributed by atoms with Crippen molar-refractivity contribution < 1.29 is 0 Å². The van der Waals surface area contributed by atoms with Crippen LogP contribution in [0.25, 0.3) is 0 Å². The first-order valence-electron chi connectivity index (χ1n) is 5.68. The SMILES string of the molecule is CNN1CCCC(Cn2cnc(C)c2)C1. The third-order valence-electron chi connectivity index (χ3n) is 3.07. The van der Waals surface area contributed by atoms with Crippen LogP contribution in [-0.4, -0.2) is 34.7 Å². The van der Waals surface area contributed by atoms with E-state index in [1.807, 2.05) is 20.3 Å². The highest BCUT2D eigenvalue weighted by atomic mass is 15.5. The van der Waals surface area contributed by atoms with Crippen molar-refractivity contribution >= 4 is 0 Å². The second kappa shape index (κ2) is 4.77. The van der Waals surface area contributed by atoms with Gasteiger partial charge in [0, 0.05) is 25.8 Å². The molecule has 1 aliphatic heterocycles. The van der Waals surface area contributed by atoms with E-state index in [-0.39, 0.29) is 0 Å². The molecule has 0 aromatic carbocycles. The van der Waals surface area contributed by atoms with E-state index in [1.165, 1.54) is 19.4 Å². The van der Waals surface area contributed by atoms with Gasteiger partial charge < -0.3 is 4.57 Å². The van der Waals surface area contributed by atoms with Gasteiger partial charge in [-0.2, -0.15) is 0 Å². The molecule has 0 amide bonds. The van der Waals surface area contributed by atoms with Gasteiger partial charge in [-0.3, -0.25) is 5.43 Å². The van der Waals surface area contributed by atoms with Crippen LogP contribution in [0.3, 0.4) is 0 Å². The molecule has 1 saturated heterocycles. The van der Waals surface area contributed by atoms with Crippen LogP contribution in [0, 0.1) is 12.8 Å². The van der Waals surface area contributed by atoms with Crippen molar-refractivity contribution in [1.82, 2.24) is 20.0 Å². The van der Waals surface area contributed by atoms with Gasteiger partial charge in [-0.05, 0) is 32.7 Å². The maximum Gasteiger partial charge on any atom is 0.0949 e. The van der Waals surface area contributed by atoms with Crippen molar-refractivity contribution in [3.8, 4) is 0 Å². The highest BCUT2D eigenvalue weighted by molar-refractivity contribution is 4.92. The van der Waals surface area contributed by atoms with Gasteiger partial charge in [-0.15, -0.1) is 0 Å². The molecule has 1 unspecified atom stereocenters. The molecular weight excluding hydrogens is 188 g/mol. The molecule has 0 saturated carbocycles. The number of nitrogens with zero attached hydrogens (tertiary/aromatic N) is 3. The van der Waals surface area contributed by atoms with Crippen LogP contribution >= 0.6 is 0 Å². The zero-order valence-corrected chi connectivity index (χ0v) is 9.61. The fourth-order valence-electron chi connectivity index (χ4n) is 2.29. The number of hydrazine groups is 1. The summed E-state index contributed by atoms with van der Waals surface area (Å²) < 4.78 is 2.21. The van der Waals surface area contributed by atoms with Gasteiger partial charge in [0.25, 0.3) is 0 Å². The minimum Gasteiger partial charge on any atom is -0.337 e. The molecule has 0 radical (unpaired) electrons. The molecule has 1 fully saturated rings. The monoisotopic (exact) mass is 208 g/mol. The van der Waals surface area contributed by atoms with Gasteiger partial charge >= 0.3 is 0 Å². The molecule has 1 atom stereocenters. The summed E-state index contributed by atoms with van der Waals surface area (Å²) in [5.41, 5.74) is 4.34. The molecule has 0 aliphatic carbocycles. The Balaban J connectivity index is 1.88. The number of aromatic nitrogens is 2. The summed E-state index contributed by atoms with van der Waals surface area (Å²) in [7, 11) is 2.00. The molecule has 4 nitrogen and oxygen atoms in total. The van der Waals surface area contributed by atoms with Crippen LogP contribution < -0.4 is 5.43 Å². The van der Waals surface area contributed by atoms with E-state index < -0.39 is 0 Å². The second-order valence-electron chi connectivity index (χ2n) is 4.39. The molecule has 1 aliphatic rings. The Labute approximate surface area is 91.3 Å². The lowest BCUT2D eigenvalue weighted by molar-refractivity contribution is 0.119. The Bertz CT molecular complexity index is 307. The summed E-state index contributed by atoms with van der Waals surface area (Å²) in [6.07, 6.45) is 6.68. The lowest BCUT2D eigenvalue weighted by Gasteiger charge is -2.31. The molecule has 1 aromatic heterocycles. The molecular formula is C11H20N4. The Hall–Kier alpha value is -0.870. The van der Waals surface area contributed by atoms with Gasteiger partial charge in [-0.25, -0.2) is 9.99 Å². The highest BCUT2D eigenvalue weighted by Gasteiger charge is 2.18. The Morgan fingerprint density at radius 3 is 3.13 bits per heavy atom. The first-order chi connectivity index (χ1) is 7.28. The smallest absolute Gasteiger partial charge is 0.0949 e. The number of rotatable bonds is 3. The topological polar surface area (TPSA) is 33.1 Å². The minimum absolute atomic E-state index is 0.750. The fourth-order valence-corrected chi connectivity index (χ4v) is 2.29. The molecule has 4 heteroatoms. The molecule has 0 bridgehead atoms. The van der Waals surface area contributed by atoms with Crippen molar-refractivity contribution in [2.75, 3.05) is 20.1 Å². The average molecular weight is 208 g/mol. The predicted octanol–water partition coefficient (Wildman–Crippen LogP) is 1.04. The van der Waals surface area contributed by atoms with Gasteiger partial charge in [-0.1, -0.05) is 0 Å². The van der Waals surface area contributed by atoms with Gasteiger partial charge in [0.1, 0.15) is 0 Å². The standard InChI is InChI=1S/C11H20N4/c1-10-6-14(9-13-10)7-11-4-3-5-15(8-11)12-2/h6,9,11-12H,3-5,7-8H2,1-2H3. The number of nitrogens with one attached hydrogen (secondary N) is 1. The van der Waals surface area contributed by atoms with Crippen LogP contribution in [-0.2, 0) is 6.54 Å². The van der Waals surface area contributed by atoms with Gasteiger partial charge in [0.05, 0.1) is 12.0 Å². The van der Waals surface area contributed by atoms with Crippen LogP contribution in [0.1, 0.15) is 18.5 Å². The Kier molecular flexibility index (Phi) is 3.38. The van der Waals surface area contributed by atoms with Crippen LogP contribution in [0.2, 0.25) is 0 Å². The number of hydrogen-bond donors (Lipinski definition) is 1. The van der Waals surface area contributed by atoms with Gasteiger partial charge in [0.2, 0.25) is 0 Å². The molecule has 1 N–H and O–H groups in total. The molecule has 84 valence electrons. The number of piperidine rings is 1. The van der Waals surface area contributed by atoms with E-state index in [0.717, 1.165) is 24.7 Å². The Morgan fingerprint density at radius 1 is 1.60 bits per heavy atom. The average Bonchev–Trinajstić information content (AvgIpc) is 2.64. The first kappa shape index (κ1) is 10.6. The van der Waals surface area contributed by atoms with Crippen LogP contribution in [0.15, 0.2) is 12.5 Å². The number of hydrogen-bond acceptors (Lipinski definition) is 3. The van der Waals surface area contributed by atoms with E-state index in [9.17, 15) is 0 Å². The largest absolute Gasteiger partial charge is 0.337 e. The minimum atomic E-state index is 0.750. The summed E-state index contributed by atoms with van der Waals surface area (Å²) in [6.45, 7) is 5.46. The first-order valence-corrected chi connectivity index (χ1v) is 5.68. The van der Waals surface area contributed by atoms with Crippen LogP contribution in [0.4, 0.5) is 0 Å². The third kappa shape index (κ3) is 2.79. The van der Waals surface area contributed by atoms with E-state index in [2.05, 4.69) is 26.2 Å². The quantitative estimate of drug-likeness (QED) is 0.805. The molecule has 2 rings (SSSR count). The summed E-state index contributed by atoms with van der Waals surface area (Å²) in [6, 6.07) is 0. The predicted molar refractivity (Wildman–Crippen MR) is 60.3 cm³/mol. The van der Waals surface area contributed by atoms with Crippen LogP contribution in [0.5, 0.6) is 0 Å². The van der Waals surface area contributed by atoms with E-state index in [0.29, 0.717) is 0 Å². The summed E-state index contributed by atoms with van der Waals surface area (Å²) in [5.74, 6) is 0.750. The number of imidazole rings is 1. The molecule has 1 aromatic rings. The van der Waals surface area contributed by atoms with Gasteiger partial charge in [0.15, 0.2) is 0 Å². The van der Waals surface area contributed by atoms with Crippen molar-refractivity contribution in [3.05, 3.63) is 18.2 Å². The lowest BCUT2D eigenvalue weighted by Crippen LogP contribution is -2.43. The zero-order valence-electron chi connectivity index (χ0n) is 9.61. The highest BCUT2D eigenvalue weighted by Crippen LogP contribution is 2.16. The van der Waals surface area contributed by atoms with Crippen molar-refractivity contribution in [2.45, 2.75) is 26.3 Å². The summed E-state index contributed by atoms with van der Waals surface area (Å²) >= 11 is 0. The number of aryl methyl sites for hydroxylation is 1. The summed E-state index contributed by atoms with van der Waals surface area (Å²) in [5, 5.41) is 2.30. The summed E-state index contributed by atoms with van der Waals surface area (Å²) in [4.78, 5) is 4.26. The van der Waals surface area contributed by atoms with E-state index in [1.54, 1.807) is 0 Å². The molecule has 0 spiro atoms. The fraction of sp³-hybridized carbons (Fsp3) is 0.727. The molecule has 15 heavy (non-hydrogen) atoms. The van der Waals surface area contributed by atoms with Crippen molar-refractivity contribution in [1.29, 1.82) is 0 Å². The van der Waals surface area contributed by atoms with Crippen molar-refractivity contribution in [2.24, 2.45) is 5.92 Å². The zero-order chi connectivity index (χ0) is 10.7. The van der Waals surface area contributed by atoms with E-state index >= 15 is 0 Å². The van der Waals surface area contributed by atoms with E-state index in [4.69, 9.17) is 0 Å².